The summed E-state index contributed by atoms with van der Waals surface area (Å²) in [7, 11) is 0. The van der Waals surface area contributed by atoms with Gasteiger partial charge in [-0.3, -0.25) is 9.59 Å². The molecule has 0 unspecified atom stereocenters. The normalized spacial score (nSPS) is 11.3. The molecular weight excluding hydrogens is 403 g/mol. The van der Waals surface area contributed by atoms with Crippen LogP contribution in [0.1, 0.15) is 43.6 Å². The first-order valence-electron chi connectivity index (χ1n) is 10.7. The van der Waals surface area contributed by atoms with Crippen LogP contribution in [0.25, 0.3) is 17.0 Å². The molecule has 166 valence electrons. The van der Waals surface area contributed by atoms with Gasteiger partial charge in [0.15, 0.2) is 5.78 Å². The Hall–Kier alpha value is -3.47. The van der Waals surface area contributed by atoms with E-state index in [-0.39, 0.29) is 24.3 Å². The number of fused-ring (bicyclic) bond motifs is 1. The summed E-state index contributed by atoms with van der Waals surface area (Å²) in [5, 5.41) is 1.07. The second kappa shape index (κ2) is 10.2. The first-order chi connectivity index (χ1) is 15.3. The first-order valence-corrected chi connectivity index (χ1v) is 10.7. The van der Waals surface area contributed by atoms with E-state index in [4.69, 9.17) is 0 Å². The van der Waals surface area contributed by atoms with Gasteiger partial charge in [-0.1, -0.05) is 29.8 Å². The van der Waals surface area contributed by atoms with E-state index in [2.05, 4.69) is 30.6 Å². The molecule has 0 saturated heterocycles. The number of nitrogens with zero attached hydrogens (tertiary/aromatic N) is 2. The summed E-state index contributed by atoms with van der Waals surface area (Å²) in [6.07, 6.45) is 7.52. The molecule has 1 heterocycles. The minimum Gasteiger partial charge on any atom is -0.343 e. The molecule has 0 radical (unpaired) electrons. The molecule has 0 N–H and O–H groups in total. The summed E-state index contributed by atoms with van der Waals surface area (Å²) >= 11 is 0. The number of Topliss-reactive ketones (excluding diaryl/α,β-unsaturated/α-hetero) is 1. The SMILES string of the molecule is CC(C)=CCn1cc(/C=C/C(=O)N(CC(=O)c2ccc(F)cc2)C(C)C)c2ccccc21. The Morgan fingerprint density at radius 2 is 1.75 bits per heavy atom. The van der Waals surface area contributed by atoms with Crippen LogP contribution in [0.4, 0.5) is 4.39 Å². The van der Waals surface area contributed by atoms with E-state index in [1.165, 1.54) is 40.8 Å². The molecule has 0 atom stereocenters. The maximum atomic E-state index is 13.1. The molecule has 0 spiro atoms. The van der Waals surface area contributed by atoms with Gasteiger partial charge in [0, 0.05) is 46.9 Å². The Labute approximate surface area is 188 Å². The first kappa shape index (κ1) is 23.2. The summed E-state index contributed by atoms with van der Waals surface area (Å²) in [5.41, 5.74) is 3.68. The van der Waals surface area contributed by atoms with Crippen molar-refractivity contribution in [3.63, 3.8) is 0 Å². The van der Waals surface area contributed by atoms with E-state index in [9.17, 15) is 14.0 Å². The quantitative estimate of drug-likeness (QED) is 0.253. The van der Waals surface area contributed by atoms with Crippen molar-refractivity contribution in [3.8, 4) is 0 Å². The van der Waals surface area contributed by atoms with Crippen molar-refractivity contribution in [1.82, 2.24) is 9.47 Å². The molecule has 0 aliphatic carbocycles. The molecule has 0 fully saturated rings. The van der Waals surface area contributed by atoms with Crippen molar-refractivity contribution in [2.45, 2.75) is 40.3 Å². The molecule has 1 amide bonds. The van der Waals surface area contributed by atoms with E-state index in [1.54, 1.807) is 6.08 Å². The van der Waals surface area contributed by atoms with Gasteiger partial charge >= 0.3 is 0 Å². The third kappa shape index (κ3) is 5.61. The lowest BCUT2D eigenvalue weighted by Gasteiger charge is -2.24. The fraction of sp³-hybridized carbons (Fsp3) is 0.259. The summed E-state index contributed by atoms with van der Waals surface area (Å²) in [5.74, 6) is -0.861. The second-order valence-electron chi connectivity index (χ2n) is 8.36. The lowest BCUT2D eigenvalue weighted by atomic mass is 10.1. The third-order valence-corrected chi connectivity index (χ3v) is 5.31. The van der Waals surface area contributed by atoms with Crippen molar-refractivity contribution < 1.29 is 14.0 Å². The highest BCUT2D eigenvalue weighted by molar-refractivity contribution is 6.02. The van der Waals surface area contributed by atoms with E-state index < -0.39 is 5.82 Å². The predicted octanol–water partition coefficient (Wildman–Crippen LogP) is 5.88. The Morgan fingerprint density at radius 1 is 1.06 bits per heavy atom. The Bertz CT molecular complexity index is 1170. The molecule has 0 aliphatic rings. The number of carbonyl (C=O) groups excluding carboxylic acids is 2. The average Bonchev–Trinajstić information content (AvgIpc) is 3.12. The second-order valence-corrected chi connectivity index (χ2v) is 8.36. The van der Waals surface area contributed by atoms with E-state index in [0.717, 1.165) is 23.0 Å². The summed E-state index contributed by atoms with van der Waals surface area (Å²) in [4.78, 5) is 27.1. The van der Waals surface area contributed by atoms with Gasteiger partial charge in [0.2, 0.25) is 5.91 Å². The van der Waals surface area contributed by atoms with E-state index in [0.29, 0.717) is 5.56 Å². The van der Waals surface area contributed by atoms with Crippen molar-refractivity contribution >= 4 is 28.7 Å². The fourth-order valence-electron chi connectivity index (χ4n) is 3.49. The Balaban J connectivity index is 1.81. The minimum absolute atomic E-state index is 0.0607. The van der Waals surface area contributed by atoms with Crippen LogP contribution >= 0.6 is 0 Å². The van der Waals surface area contributed by atoms with Crippen LogP contribution in [0.15, 0.2) is 72.5 Å². The maximum absolute atomic E-state index is 13.1. The van der Waals surface area contributed by atoms with Crippen molar-refractivity contribution in [2.24, 2.45) is 0 Å². The van der Waals surface area contributed by atoms with Gasteiger partial charge in [-0.25, -0.2) is 4.39 Å². The lowest BCUT2D eigenvalue weighted by molar-refractivity contribution is -0.127. The molecule has 4 nitrogen and oxygen atoms in total. The number of halogens is 1. The molecule has 0 saturated carbocycles. The monoisotopic (exact) mass is 432 g/mol. The fourth-order valence-corrected chi connectivity index (χ4v) is 3.49. The van der Waals surface area contributed by atoms with Crippen LogP contribution in [0.2, 0.25) is 0 Å². The zero-order valence-electron chi connectivity index (χ0n) is 19.0. The minimum atomic E-state index is -0.398. The van der Waals surface area contributed by atoms with Gasteiger partial charge < -0.3 is 9.47 Å². The van der Waals surface area contributed by atoms with Crippen LogP contribution in [-0.2, 0) is 11.3 Å². The van der Waals surface area contributed by atoms with Gasteiger partial charge in [0.25, 0.3) is 0 Å². The van der Waals surface area contributed by atoms with E-state index >= 15 is 0 Å². The summed E-state index contributed by atoms with van der Waals surface area (Å²) < 4.78 is 15.3. The van der Waals surface area contributed by atoms with Gasteiger partial charge in [-0.05, 0) is 64.1 Å². The van der Waals surface area contributed by atoms with Gasteiger partial charge in [-0.15, -0.1) is 0 Å². The molecule has 2 aromatic carbocycles. The molecule has 0 bridgehead atoms. The number of aromatic nitrogens is 1. The number of ketones is 1. The van der Waals surface area contributed by atoms with Gasteiger partial charge in [-0.2, -0.15) is 0 Å². The molecule has 3 rings (SSSR count). The summed E-state index contributed by atoms with van der Waals surface area (Å²) in [6, 6.07) is 13.3. The average molecular weight is 433 g/mol. The zero-order chi connectivity index (χ0) is 23.3. The number of para-hydroxylation sites is 1. The topological polar surface area (TPSA) is 42.3 Å². The largest absolute Gasteiger partial charge is 0.343 e. The highest BCUT2D eigenvalue weighted by Crippen LogP contribution is 2.23. The van der Waals surface area contributed by atoms with Crippen LogP contribution in [0.5, 0.6) is 0 Å². The Kier molecular flexibility index (Phi) is 7.41. The van der Waals surface area contributed by atoms with Crippen molar-refractivity contribution in [1.29, 1.82) is 0 Å². The molecule has 0 aliphatic heterocycles. The van der Waals surface area contributed by atoms with Crippen LogP contribution in [0.3, 0.4) is 0 Å². The van der Waals surface area contributed by atoms with Crippen LogP contribution in [0, 0.1) is 5.82 Å². The molecule has 1 aromatic heterocycles. The number of benzene rings is 2. The summed E-state index contributed by atoms with van der Waals surface area (Å²) in [6.45, 7) is 8.57. The van der Waals surface area contributed by atoms with Gasteiger partial charge in [0.1, 0.15) is 5.82 Å². The standard InChI is InChI=1S/C27H29FN2O2/c1-19(2)15-16-29-17-22(24-7-5-6-8-25(24)29)11-14-27(32)30(20(3)4)18-26(31)21-9-12-23(28)13-10-21/h5-15,17,20H,16,18H2,1-4H3/b14-11+. The molecule has 5 heteroatoms. The number of amides is 1. The van der Waals surface area contributed by atoms with E-state index in [1.807, 2.05) is 38.2 Å². The number of hydrogen-bond acceptors (Lipinski definition) is 2. The maximum Gasteiger partial charge on any atom is 0.247 e. The third-order valence-electron chi connectivity index (χ3n) is 5.31. The van der Waals surface area contributed by atoms with Crippen LogP contribution in [-0.4, -0.2) is 33.7 Å². The highest BCUT2D eigenvalue weighted by Gasteiger charge is 2.19. The van der Waals surface area contributed by atoms with Crippen molar-refractivity contribution in [2.75, 3.05) is 6.54 Å². The van der Waals surface area contributed by atoms with Gasteiger partial charge in [0.05, 0.1) is 6.54 Å². The number of carbonyl (C=O) groups is 2. The highest BCUT2D eigenvalue weighted by atomic mass is 19.1. The molecule has 3 aromatic rings. The zero-order valence-corrected chi connectivity index (χ0v) is 19.0. The number of hydrogen-bond donors (Lipinski definition) is 0. The van der Waals surface area contributed by atoms with Crippen molar-refractivity contribution in [3.05, 3.63) is 89.4 Å². The number of rotatable bonds is 8. The number of allylic oxidation sites excluding steroid dienone is 2. The smallest absolute Gasteiger partial charge is 0.247 e. The molecular formula is C27H29FN2O2. The van der Waals surface area contributed by atoms with Crippen LogP contribution < -0.4 is 0 Å². The predicted molar refractivity (Wildman–Crippen MR) is 128 cm³/mol. The lowest BCUT2D eigenvalue weighted by Crippen LogP contribution is -2.39. The Morgan fingerprint density at radius 3 is 2.41 bits per heavy atom. The molecule has 32 heavy (non-hydrogen) atoms.